The topological polar surface area (TPSA) is 69.0 Å². The maximum atomic E-state index is 12.4. The summed E-state index contributed by atoms with van der Waals surface area (Å²) in [5, 5.41) is 8.24. The summed E-state index contributed by atoms with van der Waals surface area (Å²) < 4.78 is 7.13. The number of fused-ring (bicyclic) bond motifs is 1. The Morgan fingerprint density at radius 3 is 2.92 bits per heavy atom. The van der Waals surface area contributed by atoms with Crippen molar-refractivity contribution < 1.29 is 4.74 Å². The molecule has 0 bridgehead atoms. The molecule has 4 rings (SSSR count). The average Bonchev–Trinajstić information content (AvgIpc) is 2.67. The van der Waals surface area contributed by atoms with Crippen LogP contribution in [0.3, 0.4) is 0 Å². The predicted molar refractivity (Wildman–Crippen MR) is 94.2 cm³/mol. The van der Waals surface area contributed by atoms with Gasteiger partial charge in [-0.25, -0.2) is 4.68 Å². The van der Waals surface area contributed by atoms with Crippen LogP contribution in [0, 0.1) is 0 Å². The number of hydrogen-bond acceptors (Lipinski definition) is 5. The summed E-state index contributed by atoms with van der Waals surface area (Å²) in [7, 11) is 0. The molecule has 132 valence electrons. The van der Waals surface area contributed by atoms with Crippen LogP contribution >= 0.6 is 0 Å². The zero-order chi connectivity index (χ0) is 17.1. The molecule has 0 unspecified atom stereocenters. The van der Waals surface area contributed by atoms with Gasteiger partial charge >= 0.3 is 0 Å². The molecular formula is C19H24N4O2. The molecule has 25 heavy (non-hydrogen) atoms. The van der Waals surface area contributed by atoms with Crippen LogP contribution in [0.5, 0.6) is 0 Å². The van der Waals surface area contributed by atoms with Gasteiger partial charge < -0.3 is 10.1 Å². The van der Waals surface area contributed by atoms with Crippen LogP contribution in [0.25, 0.3) is 0 Å². The number of hydrogen-bond donors (Lipinski definition) is 1. The fraction of sp³-hybridized carbons (Fsp3) is 0.526. The molecule has 0 saturated heterocycles. The number of nitrogens with zero attached hydrogens (tertiary/aromatic N) is 3. The van der Waals surface area contributed by atoms with E-state index < -0.39 is 0 Å². The highest BCUT2D eigenvalue weighted by Crippen LogP contribution is 2.27. The highest BCUT2D eigenvalue weighted by molar-refractivity contribution is 5.19. The molecule has 0 aromatic carbocycles. The molecule has 0 radical (unpaired) electrons. The van der Waals surface area contributed by atoms with Crippen LogP contribution in [0.2, 0.25) is 0 Å². The Bertz CT molecular complexity index is 767. The number of rotatable bonds is 4. The van der Waals surface area contributed by atoms with Gasteiger partial charge in [0.2, 0.25) is 0 Å². The van der Waals surface area contributed by atoms with Crippen LogP contribution in [-0.4, -0.2) is 27.4 Å². The lowest BCUT2D eigenvalue weighted by atomic mass is 9.91. The summed E-state index contributed by atoms with van der Waals surface area (Å²) in [5.74, 6) is 0. The monoisotopic (exact) mass is 340 g/mol. The van der Waals surface area contributed by atoms with Crippen molar-refractivity contribution in [3.8, 4) is 0 Å². The molecule has 0 atom stereocenters. The Balaban J connectivity index is 1.36. The first kappa shape index (κ1) is 16.4. The first-order valence-electron chi connectivity index (χ1n) is 9.12. The van der Waals surface area contributed by atoms with Crippen molar-refractivity contribution >= 4 is 0 Å². The number of ether oxygens (including phenoxy) is 1. The fourth-order valence-electron chi connectivity index (χ4n) is 3.77. The zero-order valence-electron chi connectivity index (χ0n) is 14.4. The molecule has 0 amide bonds. The number of pyridine rings is 1. The Morgan fingerprint density at radius 1 is 1.24 bits per heavy atom. The summed E-state index contributed by atoms with van der Waals surface area (Å²) >= 11 is 0. The van der Waals surface area contributed by atoms with Crippen molar-refractivity contribution in [2.45, 2.75) is 57.3 Å². The van der Waals surface area contributed by atoms with Gasteiger partial charge in [-0.1, -0.05) is 6.07 Å². The van der Waals surface area contributed by atoms with Crippen molar-refractivity contribution in [3.63, 3.8) is 0 Å². The van der Waals surface area contributed by atoms with Gasteiger partial charge in [0.25, 0.3) is 5.56 Å². The zero-order valence-corrected chi connectivity index (χ0v) is 14.4. The van der Waals surface area contributed by atoms with Crippen molar-refractivity contribution in [2.24, 2.45) is 0 Å². The molecule has 1 N–H and O–H groups in total. The minimum atomic E-state index is 0.00847. The van der Waals surface area contributed by atoms with Gasteiger partial charge in [-0.05, 0) is 37.8 Å². The van der Waals surface area contributed by atoms with E-state index in [0.29, 0.717) is 19.3 Å². The Hall–Kier alpha value is -2.05. The highest BCUT2D eigenvalue weighted by atomic mass is 16.5. The minimum absolute atomic E-state index is 0.00847. The van der Waals surface area contributed by atoms with Crippen LogP contribution in [0.4, 0.5) is 0 Å². The van der Waals surface area contributed by atoms with E-state index in [4.69, 9.17) is 4.74 Å². The van der Waals surface area contributed by atoms with E-state index in [-0.39, 0.29) is 11.6 Å². The highest BCUT2D eigenvalue weighted by Gasteiger charge is 2.25. The lowest BCUT2D eigenvalue weighted by Crippen LogP contribution is -2.37. The molecule has 1 saturated carbocycles. The van der Waals surface area contributed by atoms with Gasteiger partial charge in [0, 0.05) is 36.8 Å². The molecule has 3 heterocycles. The third-order valence-electron chi connectivity index (χ3n) is 5.20. The second kappa shape index (κ2) is 7.45. The van der Waals surface area contributed by atoms with E-state index in [9.17, 15) is 4.79 Å². The third-order valence-corrected chi connectivity index (χ3v) is 5.20. The van der Waals surface area contributed by atoms with Gasteiger partial charge in [0.15, 0.2) is 0 Å². The van der Waals surface area contributed by atoms with Gasteiger partial charge in [-0.15, -0.1) is 0 Å². The second-order valence-electron chi connectivity index (χ2n) is 6.91. The summed E-state index contributed by atoms with van der Waals surface area (Å²) in [6, 6.07) is 8.41. The maximum Gasteiger partial charge on any atom is 0.267 e. The van der Waals surface area contributed by atoms with Crippen molar-refractivity contribution in [3.05, 3.63) is 57.8 Å². The van der Waals surface area contributed by atoms with Crippen LogP contribution < -0.4 is 10.9 Å². The minimum Gasteiger partial charge on any atom is -0.376 e. The summed E-state index contributed by atoms with van der Waals surface area (Å²) in [6.07, 6.45) is 6.73. The standard InChI is InChI=1S/C19H24N4O2/c24-19-11-14-13-25-10-8-18(14)22-23(19)17-6-4-15(5-7-17)21-12-16-3-1-2-9-20-16/h1-3,9,11,15,17,21H,4-8,10,12-13H2. The van der Waals surface area contributed by atoms with E-state index in [2.05, 4.69) is 15.4 Å². The second-order valence-corrected chi connectivity index (χ2v) is 6.91. The first-order valence-corrected chi connectivity index (χ1v) is 9.12. The molecule has 1 aliphatic heterocycles. The quantitative estimate of drug-likeness (QED) is 0.922. The first-order chi connectivity index (χ1) is 12.3. The van der Waals surface area contributed by atoms with Crippen molar-refractivity contribution in [1.29, 1.82) is 0 Å². The van der Waals surface area contributed by atoms with E-state index in [0.717, 1.165) is 55.6 Å². The van der Waals surface area contributed by atoms with Gasteiger partial charge in [-0.2, -0.15) is 5.10 Å². The lowest BCUT2D eigenvalue weighted by Gasteiger charge is -2.30. The molecule has 0 spiro atoms. The Kier molecular flexibility index (Phi) is 4.90. The molecule has 6 heteroatoms. The summed E-state index contributed by atoms with van der Waals surface area (Å²) in [4.78, 5) is 16.8. The lowest BCUT2D eigenvalue weighted by molar-refractivity contribution is 0.107. The smallest absolute Gasteiger partial charge is 0.267 e. The van der Waals surface area contributed by atoms with Crippen molar-refractivity contribution in [2.75, 3.05) is 6.61 Å². The SMILES string of the molecule is O=c1cc2c(nn1C1CCC(NCc3ccccn3)CC1)CCOC2. The third kappa shape index (κ3) is 3.80. The van der Waals surface area contributed by atoms with Crippen LogP contribution in [0.15, 0.2) is 35.3 Å². The normalized spacial score (nSPS) is 23.2. The van der Waals surface area contributed by atoms with E-state index >= 15 is 0 Å². The molecule has 6 nitrogen and oxygen atoms in total. The van der Waals surface area contributed by atoms with Gasteiger partial charge in [0.05, 0.1) is 30.6 Å². The maximum absolute atomic E-state index is 12.4. The molecule has 2 aromatic heterocycles. The van der Waals surface area contributed by atoms with Crippen LogP contribution in [-0.2, 0) is 24.3 Å². The molecule has 2 aromatic rings. The average molecular weight is 340 g/mol. The van der Waals surface area contributed by atoms with E-state index in [1.54, 1.807) is 10.7 Å². The summed E-state index contributed by atoms with van der Waals surface area (Å²) in [5.41, 5.74) is 3.06. The van der Waals surface area contributed by atoms with Gasteiger partial charge in [0.1, 0.15) is 0 Å². The largest absolute Gasteiger partial charge is 0.376 e. The molecular weight excluding hydrogens is 316 g/mol. The molecule has 1 aliphatic carbocycles. The van der Waals surface area contributed by atoms with Gasteiger partial charge in [-0.3, -0.25) is 9.78 Å². The van der Waals surface area contributed by atoms with Crippen molar-refractivity contribution in [1.82, 2.24) is 20.1 Å². The van der Waals surface area contributed by atoms with Crippen LogP contribution in [0.1, 0.15) is 48.7 Å². The number of aromatic nitrogens is 3. The fourth-order valence-corrected chi connectivity index (χ4v) is 3.77. The van der Waals surface area contributed by atoms with E-state index in [1.165, 1.54) is 0 Å². The van der Waals surface area contributed by atoms with E-state index in [1.807, 2.05) is 24.4 Å². The summed E-state index contributed by atoms with van der Waals surface area (Å²) in [6.45, 7) is 2.01. The molecule has 1 fully saturated rings. The molecule has 2 aliphatic rings. The Labute approximate surface area is 147 Å². The Morgan fingerprint density at radius 2 is 2.12 bits per heavy atom. The predicted octanol–water partition coefficient (Wildman–Crippen LogP) is 1.98. The number of nitrogens with one attached hydrogen (secondary N) is 1.